The number of hydrogen-bond donors (Lipinski definition) is 1. The lowest BCUT2D eigenvalue weighted by atomic mass is 10.2. The number of nitriles is 1. The highest BCUT2D eigenvalue weighted by molar-refractivity contribution is 7.55. The number of rotatable bonds is 10. The van der Waals surface area contributed by atoms with E-state index in [-0.39, 0.29) is 32.2 Å². The number of nitrogens with one attached hydrogen (secondary N) is 1. The fourth-order valence-corrected chi connectivity index (χ4v) is 4.54. The van der Waals surface area contributed by atoms with E-state index in [0.717, 1.165) is 0 Å². The molecule has 1 unspecified atom stereocenters. The highest BCUT2D eigenvalue weighted by Gasteiger charge is 2.35. The Kier molecular flexibility index (Phi) is 8.88. The van der Waals surface area contributed by atoms with Crippen molar-refractivity contribution in [2.45, 2.75) is 25.9 Å². The number of hydrogen-bond acceptors (Lipinski definition) is 5. The minimum atomic E-state index is -3.56. The zero-order chi connectivity index (χ0) is 21.1. The number of carbonyl (C=O) groups excluding carboxylic acids is 1. The number of benzene rings is 2. The minimum Gasteiger partial charge on any atom is -0.337 e. The van der Waals surface area contributed by atoms with Gasteiger partial charge >= 0.3 is 13.6 Å². The Hall–Kier alpha value is -2.65. The first-order chi connectivity index (χ1) is 14.1. The lowest BCUT2D eigenvalue weighted by molar-refractivity contribution is 0.214. The van der Waals surface area contributed by atoms with Gasteiger partial charge in [0, 0.05) is 6.54 Å². The highest BCUT2D eigenvalue weighted by Crippen LogP contribution is 2.53. The molecule has 0 bridgehead atoms. The molecule has 7 nitrogen and oxygen atoms in total. The molecule has 0 spiro atoms. The topological polar surface area (TPSA) is 91.7 Å². The molecule has 1 atom stereocenters. The van der Waals surface area contributed by atoms with Crippen LogP contribution in [-0.2, 0) is 13.6 Å². The van der Waals surface area contributed by atoms with Crippen molar-refractivity contribution in [1.82, 2.24) is 5.32 Å². The van der Waals surface area contributed by atoms with Crippen molar-refractivity contribution in [2.24, 2.45) is 0 Å². The van der Waals surface area contributed by atoms with Gasteiger partial charge in [-0.25, -0.2) is 4.79 Å². The van der Waals surface area contributed by atoms with E-state index in [4.69, 9.17) is 9.05 Å². The van der Waals surface area contributed by atoms with Crippen LogP contribution in [-0.4, -0.2) is 31.4 Å². The molecule has 8 heteroatoms. The second kappa shape index (κ2) is 11.4. The van der Waals surface area contributed by atoms with Crippen molar-refractivity contribution in [3.63, 3.8) is 0 Å². The second-order valence-electron chi connectivity index (χ2n) is 6.05. The second-order valence-corrected chi connectivity index (χ2v) is 8.27. The summed E-state index contributed by atoms with van der Waals surface area (Å²) in [5, 5.41) is 12.2. The lowest BCUT2D eigenvalue weighted by Gasteiger charge is -2.24. The molecular formula is C21H26N3O4P. The third-order valence-electron chi connectivity index (χ3n) is 4.07. The third kappa shape index (κ3) is 6.16. The molecular weight excluding hydrogens is 389 g/mol. The number of nitrogens with zero attached hydrogens (tertiary/aromatic N) is 2. The van der Waals surface area contributed by atoms with Crippen LogP contribution in [0.5, 0.6) is 0 Å². The van der Waals surface area contributed by atoms with Crippen LogP contribution in [0, 0.1) is 11.3 Å². The highest BCUT2D eigenvalue weighted by atomic mass is 31.2. The molecule has 0 aliphatic heterocycles. The summed E-state index contributed by atoms with van der Waals surface area (Å²) in [7, 11) is -3.56. The van der Waals surface area contributed by atoms with Gasteiger partial charge in [-0.2, -0.15) is 5.26 Å². The Bertz CT molecular complexity index is 806. The maximum Gasteiger partial charge on any atom is 0.347 e. The van der Waals surface area contributed by atoms with E-state index < -0.39 is 13.3 Å². The first kappa shape index (κ1) is 22.6. The fourth-order valence-electron chi connectivity index (χ4n) is 2.80. The van der Waals surface area contributed by atoms with Gasteiger partial charge in [-0.1, -0.05) is 36.4 Å². The van der Waals surface area contributed by atoms with Crippen LogP contribution in [0.25, 0.3) is 0 Å². The summed E-state index contributed by atoms with van der Waals surface area (Å²) in [6.07, 6.45) is 0.150. The molecule has 0 saturated carbocycles. The normalized spacial score (nSPS) is 12.0. The van der Waals surface area contributed by atoms with E-state index in [1.54, 1.807) is 18.7 Å². The number of anilines is 2. The molecule has 0 aliphatic carbocycles. The largest absolute Gasteiger partial charge is 0.347 e. The molecule has 1 N–H and O–H groups in total. The van der Waals surface area contributed by atoms with E-state index in [9.17, 15) is 14.6 Å². The van der Waals surface area contributed by atoms with Crippen molar-refractivity contribution >= 4 is 25.0 Å². The lowest BCUT2D eigenvalue weighted by Crippen LogP contribution is -2.38. The Morgan fingerprint density at radius 3 is 1.93 bits per heavy atom. The van der Waals surface area contributed by atoms with Gasteiger partial charge < -0.3 is 14.4 Å². The summed E-state index contributed by atoms with van der Waals surface area (Å²) in [5.74, 6) is 0. The molecule has 2 aromatic carbocycles. The van der Waals surface area contributed by atoms with Gasteiger partial charge in [0.15, 0.2) is 0 Å². The van der Waals surface area contributed by atoms with Crippen LogP contribution < -0.4 is 10.2 Å². The van der Waals surface area contributed by atoms with Crippen LogP contribution in [0.2, 0.25) is 0 Å². The van der Waals surface area contributed by atoms with Crippen molar-refractivity contribution in [3.8, 4) is 6.07 Å². The minimum absolute atomic E-state index is 0.150. The average molecular weight is 415 g/mol. The van der Waals surface area contributed by atoms with Crippen molar-refractivity contribution in [3.05, 3.63) is 60.7 Å². The Morgan fingerprint density at radius 2 is 1.52 bits per heavy atom. The standard InChI is InChI=1S/C21H26N3O4P/c1-3-27-29(26,28-4-2)20(17-22)15-16-23-21(25)24(18-11-7-5-8-12-18)19-13-9-6-10-14-19/h5-14,20H,3-4,15-16H2,1-2H3,(H,23,25). The van der Waals surface area contributed by atoms with Gasteiger partial charge in [0.05, 0.1) is 30.7 Å². The number of amides is 2. The van der Waals surface area contributed by atoms with E-state index >= 15 is 0 Å². The van der Waals surface area contributed by atoms with Crippen LogP contribution in [0.15, 0.2) is 60.7 Å². The SMILES string of the molecule is CCOP(=O)(OCC)C(C#N)CCNC(=O)N(c1ccccc1)c1ccccc1. The maximum atomic E-state index is 12.9. The summed E-state index contributed by atoms with van der Waals surface area (Å²) in [6, 6.07) is 20.2. The molecule has 0 aromatic heterocycles. The molecule has 0 saturated heterocycles. The van der Waals surface area contributed by atoms with E-state index in [1.165, 1.54) is 0 Å². The number of carbonyl (C=O) groups is 1. The molecule has 154 valence electrons. The van der Waals surface area contributed by atoms with Gasteiger partial charge in [-0.3, -0.25) is 9.46 Å². The summed E-state index contributed by atoms with van der Waals surface area (Å²) in [4.78, 5) is 14.5. The summed E-state index contributed by atoms with van der Waals surface area (Å²) in [6.45, 7) is 3.89. The van der Waals surface area contributed by atoms with Crippen LogP contribution in [0.3, 0.4) is 0 Å². The molecule has 0 fully saturated rings. The molecule has 2 aromatic rings. The maximum absolute atomic E-state index is 12.9. The number of para-hydroxylation sites is 2. The molecule has 0 heterocycles. The smallest absolute Gasteiger partial charge is 0.337 e. The van der Waals surface area contributed by atoms with E-state index in [1.807, 2.05) is 66.7 Å². The van der Waals surface area contributed by atoms with Crippen LogP contribution in [0.1, 0.15) is 20.3 Å². The Labute approximate surface area is 171 Å². The van der Waals surface area contributed by atoms with Gasteiger partial charge in [0.1, 0.15) is 5.66 Å². The first-order valence-electron chi connectivity index (χ1n) is 9.52. The van der Waals surface area contributed by atoms with Gasteiger partial charge in [-0.05, 0) is 44.5 Å². The molecule has 29 heavy (non-hydrogen) atoms. The predicted molar refractivity (Wildman–Crippen MR) is 113 cm³/mol. The number of urea groups is 1. The van der Waals surface area contributed by atoms with E-state index in [2.05, 4.69) is 5.32 Å². The first-order valence-corrected chi connectivity index (χ1v) is 11.1. The summed E-state index contributed by atoms with van der Waals surface area (Å²) < 4.78 is 23.3. The van der Waals surface area contributed by atoms with Crippen LogP contribution in [0.4, 0.5) is 16.2 Å². The van der Waals surface area contributed by atoms with Crippen molar-refractivity contribution in [2.75, 3.05) is 24.7 Å². The average Bonchev–Trinajstić information content (AvgIpc) is 2.73. The Morgan fingerprint density at radius 1 is 1.03 bits per heavy atom. The zero-order valence-electron chi connectivity index (χ0n) is 16.7. The van der Waals surface area contributed by atoms with Gasteiger partial charge in [0.25, 0.3) is 0 Å². The molecule has 0 aliphatic rings. The summed E-state index contributed by atoms with van der Waals surface area (Å²) in [5.41, 5.74) is 0.467. The van der Waals surface area contributed by atoms with Gasteiger partial charge in [-0.15, -0.1) is 0 Å². The zero-order valence-corrected chi connectivity index (χ0v) is 17.5. The van der Waals surface area contributed by atoms with Crippen LogP contribution >= 0.6 is 7.60 Å². The molecule has 2 amide bonds. The van der Waals surface area contributed by atoms with Crippen molar-refractivity contribution < 1.29 is 18.4 Å². The fraction of sp³-hybridized carbons (Fsp3) is 0.333. The Balaban J connectivity index is 2.10. The van der Waals surface area contributed by atoms with E-state index in [0.29, 0.717) is 11.4 Å². The van der Waals surface area contributed by atoms with Crippen molar-refractivity contribution in [1.29, 1.82) is 5.26 Å². The molecule has 0 radical (unpaired) electrons. The quantitative estimate of drug-likeness (QED) is 0.546. The van der Waals surface area contributed by atoms with Gasteiger partial charge in [0.2, 0.25) is 0 Å². The summed E-state index contributed by atoms with van der Waals surface area (Å²) >= 11 is 0. The molecule has 2 rings (SSSR count). The monoisotopic (exact) mass is 415 g/mol. The predicted octanol–water partition coefficient (Wildman–Crippen LogP) is 5.08. The third-order valence-corrected chi connectivity index (χ3v) is 6.45.